The summed E-state index contributed by atoms with van der Waals surface area (Å²) in [4.78, 5) is 10.6. The van der Waals surface area contributed by atoms with Crippen molar-refractivity contribution < 1.29 is 9.53 Å². The number of methoxy groups -OCH3 is 1. The minimum atomic E-state index is -0.731. The predicted octanol–water partition coefficient (Wildman–Crippen LogP) is 1.73. The Labute approximate surface area is 80.8 Å². The van der Waals surface area contributed by atoms with Crippen LogP contribution in [-0.2, 0) is 0 Å². The summed E-state index contributed by atoms with van der Waals surface area (Å²) in [6.45, 7) is 0. The molecule has 5 heteroatoms. The van der Waals surface area contributed by atoms with E-state index in [-0.39, 0.29) is 0 Å². The summed E-state index contributed by atoms with van der Waals surface area (Å²) in [5.74, 6) is 6.03. The molecule has 0 saturated carbocycles. The smallest absolute Gasteiger partial charge is 0.335 e. The van der Waals surface area contributed by atoms with Crippen LogP contribution in [0.2, 0.25) is 0 Å². The molecule has 1 rings (SSSR count). The van der Waals surface area contributed by atoms with E-state index in [2.05, 4.69) is 0 Å². The van der Waals surface area contributed by atoms with E-state index in [9.17, 15) is 4.79 Å². The third-order valence-corrected chi connectivity index (χ3v) is 1.72. The molecular formula is C8H9ClN2O2. The molecule has 1 amide bonds. The second-order valence-corrected chi connectivity index (χ2v) is 2.64. The Kier molecular flexibility index (Phi) is 3.11. The number of nitrogens with two attached hydrogens (primary N) is 1. The monoisotopic (exact) mass is 200 g/mol. The van der Waals surface area contributed by atoms with Crippen LogP contribution in [0, 0.1) is 0 Å². The second-order valence-electron chi connectivity index (χ2n) is 2.32. The van der Waals surface area contributed by atoms with Crippen molar-refractivity contribution in [2.75, 3.05) is 12.1 Å². The molecule has 0 atom stereocenters. The van der Waals surface area contributed by atoms with Crippen LogP contribution in [0.5, 0.6) is 5.75 Å². The number of hydrogen-bond acceptors (Lipinski definition) is 3. The number of rotatable bonds is 2. The Balaban J connectivity index is 2.85. The molecule has 0 unspecified atom stereocenters. The van der Waals surface area contributed by atoms with E-state index >= 15 is 0 Å². The van der Waals surface area contributed by atoms with Crippen LogP contribution in [0.1, 0.15) is 0 Å². The van der Waals surface area contributed by atoms with Gasteiger partial charge in [-0.15, -0.1) is 0 Å². The lowest BCUT2D eigenvalue weighted by Gasteiger charge is -2.12. The summed E-state index contributed by atoms with van der Waals surface area (Å²) in [7, 11) is 1.56. The van der Waals surface area contributed by atoms with Gasteiger partial charge in [0.25, 0.3) is 0 Å². The lowest BCUT2D eigenvalue weighted by atomic mass is 10.3. The average Bonchev–Trinajstić information content (AvgIpc) is 2.17. The molecule has 13 heavy (non-hydrogen) atoms. The van der Waals surface area contributed by atoms with Gasteiger partial charge in [-0.3, -0.25) is 4.79 Å². The number of hydrogen-bond donors (Lipinski definition) is 1. The Morgan fingerprint density at radius 1 is 1.46 bits per heavy atom. The fraction of sp³-hybridized carbons (Fsp3) is 0.125. The van der Waals surface area contributed by atoms with Gasteiger partial charge < -0.3 is 4.74 Å². The van der Waals surface area contributed by atoms with Crippen LogP contribution >= 0.6 is 11.6 Å². The number of carbonyl (C=O) groups excluding carboxylic acids is 1. The molecule has 0 aliphatic rings. The van der Waals surface area contributed by atoms with Crippen molar-refractivity contribution in [2.45, 2.75) is 0 Å². The Morgan fingerprint density at radius 2 is 2.00 bits per heavy atom. The van der Waals surface area contributed by atoms with Crippen molar-refractivity contribution in [1.29, 1.82) is 0 Å². The largest absolute Gasteiger partial charge is 0.497 e. The van der Waals surface area contributed by atoms with E-state index in [0.717, 1.165) is 5.01 Å². The van der Waals surface area contributed by atoms with E-state index in [1.807, 2.05) is 0 Å². The molecule has 0 heterocycles. The molecule has 4 nitrogen and oxygen atoms in total. The van der Waals surface area contributed by atoms with Gasteiger partial charge in [-0.2, -0.15) is 0 Å². The van der Waals surface area contributed by atoms with E-state index < -0.39 is 5.37 Å². The first kappa shape index (κ1) is 9.83. The van der Waals surface area contributed by atoms with Gasteiger partial charge in [0.2, 0.25) is 0 Å². The third kappa shape index (κ3) is 2.34. The molecule has 0 fully saturated rings. The highest BCUT2D eigenvalue weighted by Gasteiger charge is 2.07. The maximum absolute atomic E-state index is 10.6. The van der Waals surface area contributed by atoms with Gasteiger partial charge in [0.05, 0.1) is 12.8 Å². The second kappa shape index (κ2) is 4.11. The molecule has 1 aromatic rings. The molecule has 1 aromatic carbocycles. The molecule has 0 aliphatic heterocycles. The van der Waals surface area contributed by atoms with E-state index in [4.69, 9.17) is 22.2 Å². The van der Waals surface area contributed by atoms with Crippen molar-refractivity contribution in [3.8, 4) is 5.75 Å². The van der Waals surface area contributed by atoms with Crippen LogP contribution in [0.15, 0.2) is 24.3 Å². The number of benzene rings is 1. The van der Waals surface area contributed by atoms with Gasteiger partial charge >= 0.3 is 5.37 Å². The van der Waals surface area contributed by atoms with Crippen molar-refractivity contribution in [3.05, 3.63) is 24.3 Å². The first-order chi connectivity index (χ1) is 6.15. The van der Waals surface area contributed by atoms with Crippen LogP contribution in [0.3, 0.4) is 0 Å². The van der Waals surface area contributed by atoms with Gasteiger partial charge in [0.15, 0.2) is 0 Å². The summed E-state index contributed by atoms with van der Waals surface area (Å²) in [5, 5.41) is 0.117. The van der Waals surface area contributed by atoms with E-state index in [1.165, 1.54) is 0 Å². The van der Waals surface area contributed by atoms with Crippen LogP contribution < -0.4 is 15.6 Å². The fourth-order valence-corrected chi connectivity index (χ4v) is 0.942. The Bertz CT molecular complexity index is 300. The van der Waals surface area contributed by atoms with Crippen molar-refractivity contribution >= 4 is 22.7 Å². The van der Waals surface area contributed by atoms with Crippen LogP contribution in [-0.4, -0.2) is 12.5 Å². The first-order valence-electron chi connectivity index (χ1n) is 3.53. The molecule has 0 aliphatic carbocycles. The number of anilines is 1. The normalized spacial score (nSPS) is 9.46. The van der Waals surface area contributed by atoms with Gasteiger partial charge in [-0.05, 0) is 35.9 Å². The number of amides is 1. The number of halogens is 1. The summed E-state index contributed by atoms with van der Waals surface area (Å²) >= 11 is 5.17. The van der Waals surface area contributed by atoms with Gasteiger partial charge in [0, 0.05) is 0 Å². The minimum Gasteiger partial charge on any atom is -0.497 e. The summed E-state index contributed by atoms with van der Waals surface area (Å²) in [6, 6.07) is 6.66. The highest BCUT2D eigenvalue weighted by atomic mass is 35.5. The molecule has 0 radical (unpaired) electrons. The SMILES string of the molecule is COc1ccc(N(N)C(=O)Cl)cc1. The summed E-state index contributed by atoms with van der Waals surface area (Å²) < 4.78 is 4.93. The minimum absolute atomic E-state index is 0.515. The third-order valence-electron chi connectivity index (χ3n) is 1.54. The lowest BCUT2D eigenvalue weighted by molar-refractivity contribution is 0.264. The summed E-state index contributed by atoms with van der Waals surface area (Å²) in [5.41, 5.74) is 0.515. The number of hydrazine groups is 1. The average molecular weight is 201 g/mol. The zero-order chi connectivity index (χ0) is 9.84. The molecular weight excluding hydrogens is 192 g/mol. The maximum Gasteiger partial charge on any atom is 0.335 e. The quantitative estimate of drug-likeness (QED) is 0.260. The van der Waals surface area contributed by atoms with Crippen LogP contribution in [0.4, 0.5) is 10.5 Å². The molecule has 0 saturated heterocycles. The van der Waals surface area contributed by atoms with Gasteiger partial charge in [-0.25, -0.2) is 10.9 Å². The number of ether oxygens (including phenoxy) is 1. The highest BCUT2D eigenvalue weighted by Crippen LogP contribution is 2.17. The predicted molar refractivity (Wildman–Crippen MR) is 50.9 cm³/mol. The zero-order valence-corrected chi connectivity index (χ0v) is 7.78. The summed E-state index contributed by atoms with van der Waals surface area (Å²) in [6.07, 6.45) is 0. The molecule has 0 bridgehead atoms. The highest BCUT2D eigenvalue weighted by molar-refractivity contribution is 6.65. The Hall–Kier alpha value is -1.26. The molecule has 0 spiro atoms. The van der Waals surface area contributed by atoms with Gasteiger partial charge in [0.1, 0.15) is 5.75 Å². The molecule has 2 N–H and O–H groups in total. The van der Waals surface area contributed by atoms with E-state index in [0.29, 0.717) is 11.4 Å². The molecule has 0 aromatic heterocycles. The number of nitrogens with zero attached hydrogens (tertiary/aromatic N) is 1. The zero-order valence-electron chi connectivity index (χ0n) is 7.03. The lowest BCUT2D eigenvalue weighted by Crippen LogP contribution is -2.32. The topological polar surface area (TPSA) is 55.6 Å². The molecule has 70 valence electrons. The first-order valence-corrected chi connectivity index (χ1v) is 3.91. The maximum atomic E-state index is 10.6. The van der Waals surface area contributed by atoms with Crippen molar-refractivity contribution in [3.63, 3.8) is 0 Å². The fourth-order valence-electron chi connectivity index (χ4n) is 0.844. The van der Waals surface area contributed by atoms with Crippen molar-refractivity contribution in [2.24, 2.45) is 5.84 Å². The standard InChI is InChI=1S/C8H9ClN2O2/c1-13-7-4-2-6(3-5-7)11(10)8(9)12/h2-5H,10H2,1H3. The van der Waals surface area contributed by atoms with E-state index in [1.54, 1.807) is 31.4 Å². The van der Waals surface area contributed by atoms with Gasteiger partial charge in [-0.1, -0.05) is 0 Å². The van der Waals surface area contributed by atoms with Crippen molar-refractivity contribution in [1.82, 2.24) is 0 Å². The Morgan fingerprint density at radius 3 is 2.38 bits per heavy atom. The van der Waals surface area contributed by atoms with Crippen LogP contribution in [0.25, 0.3) is 0 Å². The number of carbonyl (C=O) groups is 1.